The fourth-order valence-electron chi connectivity index (χ4n) is 5.25. The number of carbonyl (C=O) groups is 1. The Labute approximate surface area is 236 Å². The lowest BCUT2D eigenvalue weighted by Gasteiger charge is -2.30. The van der Waals surface area contributed by atoms with Crippen LogP contribution in [0.25, 0.3) is 0 Å². The Hall–Kier alpha value is -2.18. The average Bonchev–Trinajstić information content (AvgIpc) is 3.41. The fourth-order valence-corrected chi connectivity index (χ4v) is 7.92. The lowest BCUT2D eigenvalue weighted by Crippen LogP contribution is -2.31. The van der Waals surface area contributed by atoms with Crippen LogP contribution in [0.5, 0.6) is 11.5 Å². The molecule has 3 atom stereocenters. The van der Waals surface area contributed by atoms with E-state index in [0.29, 0.717) is 24.4 Å². The summed E-state index contributed by atoms with van der Waals surface area (Å²) in [6, 6.07) is 13.2. The highest BCUT2D eigenvalue weighted by Gasteiger charge is 2.31. The molecule has 0 amide bonds. The Balaban J connectivity index is 1.44. The van der Waals surface area contributed by atoms with Crippen LogP contribution in [0.2, 0.25) is 24.7 Å². The van der Waals surface area contributed by atoms with Crippen LogP contribution in [0.1, 0.15) is 100 Å². The Morgan fingerprint density at radius 1 is 1.05 bits per heavy atom. The number of esters is 1. The van der Waals surface area contributed by atoms with E-state index in [2.05, 4.69) is 33.9 Å². The van der Waals surface area contributed by atoms with Crippen LogP contribution >= 0.6 is 0 Å². The van der Waals surface area contributed by atoms with Crippen molar-refractivity contribution in [2.24, 2.45) is 0 Å². The zero-order valence-corrected chi connectivity index (χ0v) is 25.8. The molecule has 4 nitrogen and oxygen atoms in total. The van der Waals surface area contributed by atoms with Crippen LogP contribution in [-0.4, -0.2) is 33.4 Å². The Kier molecular flexibility index (Phi) is 12.5. The van der Waals surface area contributed by atoms with Gasteiger partial charge in [0.05, 0.1) is 33.0 Å². The van der Waals surface area contributed by atoms with Crippen molar-refractivity contribution >= 4 is 14.0 Å². The summed E-state index contributed by atoms with van der Waals surface area (Å²) in [5, 5.41) is 0. The van der Waals surface area contributed by atoms with Gasteiger partial charge in [0, 0.05) is 5.92 Å². The lowest BCUT2D eigenvalue weighted by molar-refractivity contribution is 0.0734. The van der Waals surface area contributed by atoms with Crippen molar-refractivity contribution in [1.82, 2.24) is 0 Å². The van der Waals surface area contributed by atoms with Gasteiger partial charge in [-0.15, -0.1) is 0 Å². The highest BCUT2D eigenvalue weighted by atomic mass is 28.3. The average molecular weight is 557 g/mol. The standard InChI is InChI=1S/C33H49FO4Si/c1-6-8-9-10-11-12-20-36-32-18-15-27(23-31(32)34)33(35)38-29-16-13-26(14-17-29)28-22-30(37-24-28)19-21-39(4,5)25(3)7-2/h13-18,23,25,28,30H,6-12,19-22,24H2,1-5H3/t25?,28-,30-/m0/s1. The number of carbonyl (C=O) groups excluding carboxylic acids is 1. The quantitative estimate of drug-likeness (QED) is 0.0894. The molecule has 1 fully saturated rings. The number of hydrogen-bond acceptors (Lipinski definition) is 4. The molecule has 3 rings (SSSR count). The van der Waals surface area contributed by atoms with Crippen molar-refractivity contribution in [1.29, 1.82) is 0 Å². The van der Waals surface area contributed by atoms with Gasteiger partial charge in [-0.2, -0.15) is 0 Å². The molecule has 2 aromatic carbocycles. The smallest absolute Gasteiger partial charge is 0.343 e. The van der Waals surface area contributed by atoms with E-state index in [1.54, 1.807) is 6.07 Å². The summed E-state index contributed by atoms with van der Waals surface area (Å²) in [6.45, 7) is 13.1. The second kappa shape index (κ2) is 15.6. The van der Waals surface area contributed by atoms with Gasteiger partial charge in [-0.3, -0.25) is 0 Å². The third-order valence-electron chi connectivity index (χ3n) is 8.62. The minimum Gasteiger partial charge on any atom is -0.491 e. The predicted octanol–water partition coefficient (Wildman–Crippen LogP) is 9.56. The van der Waals surface area contributed by atoms with Crippen LogP contribution < -0.4 is 9.47 Å². The number of benzene rings is 2. The number of unbranched alkanes of at least 4 members (excludes halogenated alkanes) is 5. The molecule has 2 aromatic rings. The second-order valence-corrected chi connectivity index (χ2v) is 17.4. The molecular formula is C33H49FO4Si. The number of rotatable bonds is 16. The highest BCUT2D eigenvalue weighted by molar-refractivity contribution is 6.78. The van der Waals surface area contributed by atoms with Gasteiger partial charge in [0.1, 0.15) is 5.75 Å². The minimum atomic E-state index is -1.21. The van der Waals surface area contributed by atoms with Crippen molar-refractivity contribution in [3.63, 3.8) is 0 Å². The van der Waals surface area contributed by atoms with Crippen LogP contribution in [0.4, 0.5) is 4.39 Å². The molecule has 0 bridgehead atoms. The molecule has 0 N–H and O–H groups in total. The molecular weight excluding hydrogens is 507 g/mol. The van der Waals surface area contributed by atoms with E-state index in [4.69, 9.17) is 14.2 Å². The first kappa shape index (κ1) is 31.3. The van der Waals surface area contributed by atoms with Gasteiger partial charge in [0.2, 0.25) is 0 Å². The van der Waals surface area contributed by atoms with E-state index in [9.17, 15) is 9.18 Å². The lowest BCUT2D eigenvalue weighted by atomic mass is 9.95. The first-order valence-corrected chi connectivity index (χ1v) is 18.4. The molecule has 1 aliphatic heterocycles. The van der Waals surface area contributed by atoms with E-state index in [1.807, 2.05) is 24.3 Å². The van der Waals surface area contributed by atoms with Crippen LogP contribution in [0, 0.1) is 5.82 Å². The third kappa shape index (κ3) is 9.75. The monoisotopic (exact) mass is 556 g/mol. The molecule has 1 heterocycles. The number of halogens is 1. The van der Waals surface area contributed by atoms with Crippen LogP contribution in [-0.2, 0) is 4.74 Å². The van der Waals surface area contributed by atoms with Crippen molar-refractivity contribution in [3.05, 3.63) is 59.4 Å². The molecule has 0 spiro atoms. The van der Waals surface area contributed by atoms with Gasteiger partial charge in [-0.25, -0.2) is 9.18 Å². The minimum absolute atomic E-state index is 0.166. The Morgan fingerprint density at radius 3 is 2.46 bits per heavy atom. The van der Waals surface area contributed by atoms with Crippen LogP contribution in [0.3, 0.4) is 0 Å². The first-order chi connectivity index (χ1) is 18.7. The van der Waals surface area contributed by atoms with Crippen molar-refractivity contribution in [2.45, 2.75) is 115 Å². The normalized spacial score (nSPS) is 18.2. The molecule has 0 saturated carbocycles. The number of ether oxygens (including phenoxy) is 3. The summed E-state index contributed by atoms with van der Waals surface area (Å²) in [6.07, 6.45) is 10.6. The van der Waals surface area contributed by atoms with E-state index in [-0.39, 0.29) is 11.3 Å². The number of hydrogen-bond donors (Lipinski definition) is 0. The van der Waals surface area contributed by atoms with Crippen molar-refractivity contribution < 1.29 is 23.4 Å². The second-order valence-electron chi connectivity index (χ2n) is 11.9. The van der Waals surface area contributed by atoms with Gasteiger partial charge >= 0.3 is 5.97 Å². The van der Waals surface area contributed by atoms with E-state index in [0.717, 1.165) is 37.8 Å². The molecule has 0 aliphatic carbocycles. The summed E-state index contributed by atoms with van der Waals surface area (Å²) in [5.41, 5.74) is 2.20. The molecule has 0 radical (unpaired) electrons. The zero-order chi connectivity index (χ0) is 28.3. The highest BCUT2D eigenvalue weighted by Crippen LogP contribution is 2.36. The van der Waals surface area contributed by atoms with Crippen molar-refractivity contribution in [2.75, 3.05) is 13.2 Å². The predicted molar refractivity (Wildman–Crippen MR) is 160 cm³/mol. The fraction of sp³-hybridized carbons (Fsp3) is 0.606. The van der Waals surface area contributed by atoms with Crippen molar-refractivity contribution in [3.8, 4) is 11.5 Å². The summed E-state index contributed by atoms with van der Waals surface area (Å²) in [4.78, 5) is 12.6. The third-order valence-corrected chi connectivity index (χ3v) is 13.3. The van der Waals surface area contributed by atoms with E-state index < -0.39 is 19.9 Å². The van der Waals surface area contributed by atoms with Crippen LogP contribution in [0.15, 0.2) is 42.5 Å². The Bertz CT molecular complexity index is 1020. The van der Waals surface area contributed by atoms with Gasteiger partial charge in [-0.1, -0.05) is 90.6 Å². The van der Waals surface area contributed by atoms with Gasteiger partial charge in [0.15, 0.2) is 11.6 Å². The molecule has 6 heteroatoms. The SMILES string of the molecule is CCCCCCCCOc1ccc(C(=O)Oc2ccc([C@@H]3CO[C@@H](CC[Si](C)(C)C(C)CC)C3)cc2)cc1F. The molecule has 1 unspecified atom stereocenters. The summed E-state index contributed by atoms with van der Waals surface area (Å²) >= 11 is 0. The Morgan fingerprint density at radius 2 is 1.77 bits per heavy atom. The maximum Gasteiger partial charge on any atom is 0.343 e. The maximum atomic E-state index is 14.5. The molecule has 0 aromatic heterocycles. The topological polar surface area (TPSA) is 44.8 Å². The molecule has 1 aliphatic rings. The van der Waals surface area contributed by atoms with E-state index >= 15 is 0 Å². The zero-order valence-electron chi connectivity index (χ0n) is 24.8. The summed E-state index contributed by atoms with van der Waals surface area (Å²) in [5.74, 6) is -0.138. The van der Waals surface area contributed by atoms with Gasteiger partial charge < -0.3 is 14.2 Å². The van der Waals surface area contributed by atoms with Gasteiger partial charge in [0.25, 0.3) is 0 Å². The molecule has 216 valence electrons. The summed E-state index contributed by atoms with van der Waals surface area (Å²) in [7, 11) is -1.21. The maximum absolute atomic E-state index is 14.5. The molecule has 1 saturated heterocycles. The summed E-state index contributed by atoms with van der Waals surface area (Å²) < 4.78 is 31.8. The first-order valence-electron chi connectivity index (χ1n) is 15.1. The molecule has 39 heavy (non-hydrogen) atoms. The van der Waals surface area contributed by atoms with Gasteiger partial charge in [-0.05, 0) is 60.7 Å². The largest absolute Gasteiger partial charge is 0.491 e. The van der Waals surface area contributed by atoms with E-state index in [1.165, 1.54) is 55.8 Å².